The molecule has 1 heterocycles. The second-order valence-corrected chi connectivity index (χ2v) is 8.30. The molecule has 0 radical (unpaired) electrons. The highest BCUT2D eigenvalue weighted by atomic mass is 16.5. The molecule has 0 spiro atoms. The van der Waals surface area contributed by atoms with Crippen LogP contribution in [-0.2, 0) is 14.3 Å². The molecule has 0 saturated carbocycles. The Balaban J connectivity index is 2.45. The number of hydrogen-bond donors (Lipinski definition) is 0. The minimum Gasteiger partial charge on any atom is -0.464 e. The minimum atomic E-state index is -0.0661. The van der Waals surface area contributed by atoms with Crippen molar-refractivity contribution in [3.8, 4) is 0 Å². The predicted octanol–water partition coefficient (Wildman–Crippen LogP) is 2.96. The van der Waals surface area contributed by atoms with Crippen molar-refractivity contribution in [1.82, 2.24) is 4.90 Å². The molecule has 0 N–H and O–H groups in total. The maximum Gasteiger partial charge on any atom is 0.309 e. The van der Waals surface area contributed by atoms with Crippen molar-refractivity contribution < 1.29 is 14.3 Å². The molecule has 0 aromatic carbocycles. The Labute approximate surface area is 130 Å². The van der Waals surface area contributed by atoms with Gasteiger partial charge in [0.15, 0.2) is 0 Å². The first-order valence-corrected chi connectivity index (χ1v) is 8.06. The quantitative estimate of drug-likeness (QED) is 0.732. The molecule has 1 saturated heterocycles. The van der Waals surface area contributed by atoms with E-state index in [1.165, 1.54) is 0 Å². The smallest absolute Gasteiger partial charge is 0.309 e. The Morgan fingerprint density at radius 2 is 1.71 bits per heavy atom. The van der Waals surface area contributed by atoms with Crippen molar-refractivity contribution >= 4 is 5.97 Å². The zero-order valence-electron chi connectivity index (χ0n) is 14.7. The van der Waals surface area contributed by atoms with Crippen molar-refractivity contribution in [2.24, 2.45) is 16.7 Å². The monoisotopic (exact) mass is 299 g/mol. The van der Waals surface area contributed by atoms with E-state index in [0.717, 1.165) is 39.3 Å². The normalized spacial score (nSPS) is 19.3. The predicted molar refractivity (Wildman–Crippen MR) is 85.2 cm³/mol. The maximum absolute atomic E-state index is 12.4. The van der Waals surface area contributed by atoms with E-state index < -0.39 is 0 Å². The molecule has 1 rings (SSSR count). The minimum absolute atomic E-state index is 0.0503. The van der Waals surface area contributed by atoms with Gasteiger partial charge in [0.1, 0.15) is 6.61 Å². The van der Waals surface area contributed by atoms with Gasteiger partial charge in [-0.3, -0.25) is 9.69 Å². The number of ether oxygens (including phenoxy) is 2. The van der Waals surface area contributed by atoms with Crippen LogP contribution in [0.1, 0.15) is 48.0 Å². The molecular weight excluding hydrogens is 266 g/mol. The number of rotatable bonds is 5. The number of hydrogen-bond acceptors (Lipinski definition) is 4. The average molecular weight is 299 g/mol. The molecule has 1 aliphatic heterocycles. The Morgan fingerprint density at radius 3 is 2.19 bits per heavy atom. The highest BCUT2D eigenvalue weighted by molar-refractivity contribution is 5.73. The third-order valence-electron chi connectivity index (χ3n) is 3.90. The average Bonchev–Trinajstić information content (AvgIpc) is 2.35. The molecule has 1 fully saturated rings. The summed E-state index contributed by atoms with van der Waals surface area (Å²) in [7, 11) is 0. The largest absolute Gasteiger partial charge is 0.464 e. The second-order valence-electron chi connectivity index (χ2n) is 8.30. The number of esters is 1. The van der Waals surface area contributed by atoms with Crippen LogP contribution in [-0.4, -0.2) is 50.3 Å². The van der Waals surface area contributed by atoms with Crippen molar-refractivity contribution in [3.63, 3.8) is 0 Å². The maximum atomic E-state index is 12.4. The summed E-state index contributed by atoms with van der Waals surface area (Å²) in [5, 5.41) is 0. The van der Waals surface area contributed by atoms with Crippen LogP contribution >= 0.6 is 0 Å². The fourth-order valence-corrected chi connectivity index (χ4v) is 2.56. The van der Waals surface area contributed by atoms with E-state index in [4.69, 9.17) is 9.47 Å². The topological polar surface area (TPSA) is 38.8 Å². The van der Waals surface area contributed by atoms with Gasteiger partial charge in [-0.2, -0.15) is 0 Å². The fraction of sp³-hybridized carbons (Fsp3) is 0.941. The Morgan fingerprint density at radius 1 is 1.14 bits per heavy atom. The van der Waals surface area contributed by atoms with Gasteiger partial charge in [-0.1, -0.05) is 41.5 Å². The van der Waals surface area contributed by atoms with Crippen LogP contribution in [0, 0.1) is 16.7 Å². The van der Waals surface area contributed by atoms with E-state index in [1.807, 2.05) is 0 Å². The Hall–Kier alpha value is -0.610. The van der Waals surface area contributed by atoms with Crippen LogP contribution < -0.4 is 0 Å². The van der Waals surface area contributed by atoms with Crippen LogP contribution in [0.2, 0.25) is 0 Å². The molecule has 1 atom stereocenters. The zero-order chi connectivity index (χ0) is 16.1. The van der Waals surface area contributed by atoms with Crippen LogP contribution in [0.3, 0.4) is 0 Å². The van der Waals surface area contributed by atoms with E-state index in [9.17, 15) is 4.79 Å². The Bertz CT molecular complexity index is 322. The van der Waals surface area contributed by atoms with E-state index in [-0.39, 0.29) is 22.7 Å². The summed E-state index contributed by atoms with van der Waals surface area (Å²) in [6.45, 7) is 17.6. The highest BCUT2D eigenvalue weighted by Crippen LogP contribution is 2.36. The molecule has 1 aliphatic rings. The van der Waals surface area contributed by atoms with Crippen LogP contribution in [0.25, 0.3) is 0 Å². The standard InChI is InChI=1S/C17H33NO3/c1-16(2,3)13-14(17(4,5)6)15(19)21-12-9-18-7-10-20-11-8-18/h14H,7-13H2,1-6H3. The van der Waals surface area contributed by atoms with Gasteiger partial charge in [-0.25, -0.2) is 0 Å². The lowest BCUT2D eigenvalue weighted by molar-refractivity contribution is -0.154. The number of nitrogens with zero attached hydrogens (tertiary/aromatic N) is 1. The van der Waals surface area contributed by atoms with Crippen molar-refractivity contribution in [2.45, 2.75) is 48.0 Å². The second kappa shape index (κ2) is 7.59. The van der Waals surface area contributed by atoms with Gasteiger partial charge < -0.3 is 9.47 Å². The molecule has 0 aliphatic carbocycles. The summed E-state index contributed by atoms with van der Waals surface area (Å²) in [5.41, 5.74) is 0.0600. The van der Waals surface area contributed by atoms with Crippen LogP contribution in [0.5, 0.6) is 0 Å². The summed E-state index contributed by atoms with van der Waals surface area (Å²) in [5.74, 6) is -0.104. The van der Waals surface area contributed by atoms with E-state index in [0.29, 0.717) is 6.61 Å². The first-order chi connectivity index (χ1) is 9.59. The van der Waals surface area contributed by atoms with Crippen molar-refractivity contribution in [2.75, 3.05) is 39.5 Å². The number of carbonyl (C=O) groups excluding carboxylic acids is 1. The van der Waals surface area contributed by atoms with Gasteiger partial charge in [0.05, 0.1) is 19.1 Å². The van der Waals surface area contributed by atoms with Gasteiger partial charge in [0, 0.05) is 19.6 Å². The summed E-state index contributed by atoms with van der Waals surface area (Å²) in [4.78, 5) is 14.7. The van der Waals surface area contributed by atoms with Crippen LogP contribution in [0.15, 0.2) is 0 Å². The molecule has 1 unspecified atom stereocenters. The number of carbonyl (C=O) groups is 1. The van der Waals surface area contributed by atoms with Gasteiger partial charge in [0.2, 0.25) is 0 Å². The van der Waals surface area contributed by atoms with E-state index in [2.05, 4.69) is 46.4 Å². The Kier molecular flexibility index (Phi) is 6.67. The lowest BCUT2D eigenvalue weighted by Crippen LogP contribution is -2.39. The molecule has 4 heteroatoms. The highest BCUT2D eigenvalue weighted by Gasteiger charge is 2.35. The van der Waals surface area contributed by atoms with Crippen LogP contribution in [0.4, 0.5) is 0 Å². The molecular formula is C17H33NO3. The third kappa shape index (κ3) is 7.28. The summed E-state index contributed by atoms with van der Waals surface area (Å²) in [6.07, 6.45) is 0.854. The molecule has 21 heavy (non-hydrogen) atoms. The van der Waals surface area contributed by atoms with Crippen molar-refractivity contribution in [1.29, 1.82) is 0 Å². The first-order valence-electron chi connectivity index (χ1n) is 8.06. The first kappa shape index (κ1) is 18.4. The van der Waals surface area contributed by atoms with Gasteiger partial charge in [-0.15, -0.1) is 0 Å². The lowest BCUT2D eigenvalue weighted by Gasteiger charge is -2.34. The molecule has 0 bridgehead atoms. The van der Waals surface area contributed by atoms with E-state index >= 15 is 0 Å². The molecule has 4 nitrogen and oxygen atoms in total. The molecule has 124 valence electrons. The number of morpholine rings is 1. The fourth-order valence-electron chi connectivity index (χ4n) is 2.56. The van der Waals surface area contributed by atoms with Gasteiger partial charge in [0.25, 0.3) is 0 Å². The summed E-state index contributed by atoms with van der Waals surface area (Å²) >= 11 is 0. The molecule has 0 aromatic rings. The molecule has 0 amide bonds. The van der Waals surface area contributed by atoms with Gasteiger partial charge in [-0.05, 0) is 17.3 Å². The zero-order valence-corrected chi connectivity index (χ0v) is 14.7. The van der Waals surface area contributed by atoms with Gasteiger partial charge >= 0.3 is 5.97 Å². The molecule has 0 aromatic heterocycles. The lowest BCUT2D eigenvalue weighted by atomic mass is 9.72. The van der Waals surface area contributed by atoms with Crippen molar-refractivity contribution in [3.05, 3.63) is 0 Å². The summed E-state index contributed by atoms with van der Waals surface area (Å²) < 4.78 is 10.9. The van der Waals surface area contributed by atoms with E-state index in [1.54, 1.807) is 0 Å². The SMILES string of the molecule is CC(C)(C)CC(C(=O)OCCN1CCOCC1)C(C)(C)C. The third-order valence-corrected chi connectivity index (χ3v) is 3.90. The summed E-state index contributed by atoms with van der Waals surface area (Å²) in [6, 6.07) is 0.